The molecule has 0 unspecified atom stereocenters. The van der Waals surface area contributed by atoms with Gasteiger partial charge in [-0.1, -0.05) is 18.2 Å². The van der Waals surface area contributed by atoms with Gasteiger partial charge in [0.25, 0.3) is 5.91 Å². The summed E-state index contributed by atoms with van der Waals surface area (Å²) in [4.78, 5) is 18.5. The van der Waals surface area contributed by atoms with Gasteiger partial charge in [0.1, 0.15) is 0 Å². The number of nitrogens with one attached hydrogen (secondary N) is 1. The Hall–Kier alpha value is -2.20. The molecule has 0 spiro atoms. The summed E-state index contributed by atoms with van der Waals surface area (Å²) in [6.07, 6.45) is 2.18. The Balaban J connectivity index is 1.89. The number of carbonyl (C=O) groups is 1. The molecule has 0 bridgehead atoms. The number of aryl methyl sites for hydroxylation is 1. The second-order valence-corrected chi connectivity index (χ2v) is 6.67. The maximum atomic E-state index is 12.6. The SMILES string of the molecule is Cc1ccsc1-c1cc(C(=O)NC2CC2)c2ccccc2n1. The van der Waals surface area contributed by atoms with E-state index >= 15 is 0 Å². The Bertz CT molecular complexity index is 864. The van der Waals surface area contributed by atoms with E-state index in [-0.39, 0.29) is 5.91 Å². The summed E-state index contributed by atoms with van der Waals surface area (Å²) in [5.41, 5.74) is 3.67. The maximum Gasteiger partial charge on any atom is 0.252 e. The van der Waals surface area contributed by atoms with Gasteiger partial charge < -0.3 is 5.32 Å². The Kier molecular flexibility index (Phi) is 3.19. The number of hydrogen-bond donors (Lipinski definition) is 1. The number of hydrogen-bond acceptors (Lipinski definition) is 3. The van der Waals surface area contributed by atoms with Gasteiger partial charge in [-0.25, -0.2) is 4.98 Å². The van der Waals surface area contributed by atoms with Crippen LogP contribution in [0.5, 0.6) is 0 Å². The molecule has 4 heteroatoms. The first-order valence-electron chi connectivity index (χ1n) is 7.47. The smallest absolute Gasteiger partial charge is 0.252 e. The maximum absolute atomic E-state index is 12.6. The lowest BCUT2D eigenvalue weighted by molar-refractivity contribution is 0.0952. The zero-order chi connectivity index (χ0) is 15.1. The van der Waals surface area contributed by atoms with Gasteiger partial charge in [0.2, 0.25) is 0 Å². The van der Waals surface area contributed by atoms with Crippen molar-refractivity contribution in [2.75, 3.05) is 0 Å². The highest BCUT2D eigenvalue weighted by Gasteiger charge is 2.25. The van der Waals surface area contributed by atoms with Crippen LogP contribution >= 0.6 is 11.3 Å². The van der Waals surface area contributed by atoms with Crippen molar-refractivity contribution in [1.29, 1.82) is 0 Å². The van der Waals surface area contributed by atoms with Crippen LogP contribution in [-0.2, 0) is 0 Å². The first-order valence-corrected chi connectivity index (χ1v) is 8.35. The normalized spacial score (nSPS) is 14.2. The minimum atomic E-state index is 0.0107. The Morgan fingerprint density at radius 2 is 2.09 bits per heavy atom. The molecule has 3 nitrogen and oxygen atoms in total. The number of benzene rings is 1. The summed E-state index contributed by atoms with van der Waals surface area (Å²) < 4.78 is 0. The second-order valence-electron chi connectivity index (χ2n) is 5.75. The zero-order valence-corrected chi connectivity index (χ0v) is 13.1. The van der Waals surface area contributed by atoms with Gasteiger partial charge >= 0.3 is 0 Å². The van der Waals surface area contributed by atoms with Crippen molar-refractivity contribution in [2.45, 2.75) is 25.8 Å². The standard InChI is InChI=1S/C18H16N2OS/c1-11-8-9-22-17(11)16-10-14(18(21)19-12-6-7-12)13-4-2-3-5-15(13)20-16/h2-5,8-10,12H,6-7H2,1H3,(H,19,21). The zero-order valence-electron chi connectivity index (χ0n) is 12.3. The van der Waals surface area contributed by atoms with Crippen LogP contribution in [0.2, 0.25) is 0 Å². The van der Waals surface area contributed by atoms with Crippen molar-refractivity contribution < 1.29 is 4.79 Å². The van der Waals surface area contributed by atoms with Crippen LogP contribution in [0.1, 0.15) is 28.8 Å². The quantitative estimate of drug-likeness (QED) is 0.789. The largest absolute Gasteiger partial charge is 0.349 e. The highest BCUT2D eigenvalue weighted by Crippen LogP contribution is 2.31. The summed E-state index contributed by atoms with van der Waals surface area (Å²) in [6, 6.07) is 12.2. The van der Waals surface area contributed by atoms with Crippen LogP contribution in [0.4, 0.5) is 0 Å². The number of amides is 1. The molecule has 1 saturated carbocycles. The highest BCUT2D eigenvalue weighted by atomic mass is 32.1. The van der Waals surface area contributed by atoms with Crippen LogP contribution in [0.15, 0.2) is 41.8 Å². The van der Waals surface area contributed by atoms with E-state index < -0.39 is 0 Å². The molecular weight excluding hydrogens is 292 g/mol. The Labute approximate surface area is 133 Å². The van der Waals surface area contributed by atoms with Gasteiger partial charge in [-0.05, 0) is 48.9 Å². The van der Waals surface area contributed by atoms with Crippen LogP contribution < -0.4 is 5.32 Å². The Morgan fingerprint density at radius 3 is 2.82 bits per heavy atom. The van der Waals surface area contributed by atoms with E-state index in [4.69, 9.17) is 4.98 Å². The molecule has 3 aromatic rings. The van der Waals surface area contributed by atoms with Crippen LogP contribution in [0.25, 0.3) is 21.5 Å². The fraction of sp³-hybridized carbons (Fsp3) is 0.222. The molecule has 4 rings (SSSR count). The van der Waals surface area contributed by atoms with Crippen molar-refractivity contribution in [3.8, 4) is 10.6 Å². The van der Waals surface area contributed by atoms with Gasteiger partial charge in [0, 0.05) is 11.4 Å². The third-order valence-corrected chi connectivity index (χ3v) is 5.01. The van der Waals surface area contributed by atoms with E-state index in [2.05, 4.69) is 23.7 Å². The highest BCUT2D eigenvalue weighted by molar-refractivity contribution is 7.13. The minimum absolute atomic E-state index is 0.0107. The van der Waals surface area contributed by atoms with Crippen molar-refractivity contribution >= 4 is 28.1 Å². The molecule has 0 aliphatic heterocycles. The third kappa shape index (κ3) is 2.40. The second kappa shape index (κ2) is 5.21. The van der Waals surface area contributed by atoms with Gasteiger partial charge in [0.15, 0.2) is 0 Å². The van der Waals surface area contributed by atoms with Crippen molar-refractivity contribution in [3.05, 3.63) is 52.9 Å². The number of nitrogens with zero attached hydrogens (tertiary/aromatic N) is 1. The van der Waals surface area contributed by atoms with Gasteiger partial charge in [0.05, 0.1) is 21.7 Å². The molecule has 2 heterocycles. The summed E-state index contributed by atoms with van der Waals surface area (Å²) >= 11 is 1.66. The van der Waals surface area contributed by atoms with Crippen LogP contribution in [-0.4, -0.2) is 16.9 Å². The number of para-hydroxylation sites is 1. The first kappa shape index (κ1) is 13.5. The van der Waals surface area contributed by atoms with E-state index in [0.29, 0.717) is 6.04 Å². The molecule has 1 aromatic carbocycles. The molecule has 0 radical (unpaired) electrons. The number of thiophene rings is 1. The summed E-state index contributed by atoms with van der Waals surface area (Å²) in [6.45, 7) is 2.08. The lowest BCUT2D eigenvalue weighted by Gasteiger charge is -2.10. The van der Waals surface area contributed by atoms with E-state index in [1.165, 1.54) is 5.56 Å². The molecule has 1 amide bonds. The fourth-order valence-corrected chi connectivity index (χ4v) is 3.49. The first-order chi connectivity index (χ1) is 10.7. The number of fused-ring (bicyclic) bond motifs is 1. The molecule has 1 fully saturated rings. The van der Waals surface area contributed by atoms with E-state index in [1.807, 2.05) is 30.3 Å². The molecule has 0 atom stereocenters. The lowest BCUT2D eigenvalue weighted by Crippen LogP contribution is -2.25. The topological polar surface area (TPSA) is 42.0 Å². The average Bonchev–Trinajstić information content (AvgIpc) is 3.24. The minimum Gasteiger partial charge on any atom is -0.349 e. The van der Waals surface area contributed by atoms with Crippen molar-refractivity contribution in [2.24, 2.45) is 0 Å². The number of carbonyl (C=O) groups excluding carboxylic acids is 1. The molecule has 1 N–H and O–H groups in total. The molecular formula is C18H16N2OS. The molecule has 2 aromatic heterocycles. The third-order valence-electron chi connectivity index (χ3n) is 3.97. The predicted molar refractivity (Wildman–Crippen MR) is 90.3 cm³/mol. The lowest BCUT2D eigenvalue weighted by atomic mass is 10.1. The number of pyridine rings is 1. The van der Waals surface area contributed by atoms with Gasteiger partial charge in [-0.15, -0.1) is 11.3 Å². The van der Waals surface area contributed by atoms with Gasteiger partial charge in [-0.3, -0.25) is 4.79 Å². The van der Waals surface area contributed by atoms with E-state index in [1.54, 1.807) is 11.3 Å². The summed E-state index contributed by atoms with van der Waals surface area (Å²) in [5, 5.41) is 6.06. The van der Waals surface area contributed by atoms with Crippen LogP contribution in [0.3, 0.4) is 0 Å². The van der Waals surface area contributed by atoms with Crippen molar-refractivity contribution in [1.82, 2.24) is 10.3 Å². The van der Waals surface area contributed by atoms with Crippen LogP contribution in [0, 0.1) is 6.92 Å². The number of rotatable bonds is 3. The number of aromatic nitrogens is 1. The summed E-state index contributed by atoms with van der Waals surface area (Å²) in [7, 11) is 0. The molecule has 22 heavy (non-hydrogen) atoms. The average molecular weight is 308 g/mol. The summed E-state index contributed by atoms with van der Waals surface area (Å²) in [5.74, 6) is 0.0107. The Morgan fingerprint density at radius 1 is 1.27 bits per heavy atom. The fourth-order valence-electron chi connectivity index (χ4n) is 2.61. The molecule has 0 saturated heterocycles. The van der Waals surface area contributed by atoms with E-state index in [0.717, 1.165) is 39.9 Å². The molecule has 1 aliphatic rings. The monoisotopic (exact) mass is 308 g/mol. The predicted octanol–water partition coefficient (Wildman–Crippen LogP) is 4.16. The van der Waals surface area contributed by atoms with E-state index in [9.17, 15) is 4.79 Å². The van der Waals surface area contributed by atoms with Gasteiger partial charge in [-0.2, -0.15) is 0 Å². The molecule has 110 valence electrons. The molecule has 1 aliphatic carbocycles. The van der Waals surface area contributed by atoms with Crippen molar-refractivity contribution in [3.63, 3.8) is 0 Å².